The third-order valence-corrected chi connectivity index (χ3v) is 4.33. The number of aromatic nitrogens is 1. The zero-order valence-corrected chi connectivity index (χ0v) is 12.5. The Morgan fingerprint density at radius 1 is 1.21 bits per heavy atom. The fourth-order valence-corrected chi connectivity index (χ4v) is 3.38. The molecule has 1 heterocycles. The summed E-state index contributed by atoms with van der Waals surface area (Å²) >= 11 is 4.99. The molecule has 3 rings (SSSR count). The van der Waals surface area contributed by atoms with Crippen molar-refractivity contribution in [2.24, 2.45) is 0 Å². The minimum atomic E-state index is 0.178. The van der Waals surface area contributed by atoms with Crippen molar-refractivity contribution in [2.75, 3.05) is 7.11 Å². The predicted molar refractivity (Wildman–Crippen MR) is 81.0 cm³/mol. The molecular formula is C14H10BrNO2S. The van der Waals surface area contributed by atoms with Crippen LogP contribution in [0.1, 0.15) is 0 Å². The highest BCUT2D eigenvalue weighted by atomic mass is 79.9. The lowest BCUT2D eigenvalue weighted by atomic mass is 10.2. The van der Waals surface area contributed by atoms with E-state index in [0.717, 1.165) is 25.3 Å². The number of halogens is 1. The number of phenolic OH excluding ortho intramolecular Hbond substituents is 1. The number of ether oxygens (including phenoxy) is 1. The Bertz CT molecular complexity index is 754. The third kappa shape index (κ3) is 2.31. The first-order valence-corrected chi connectivity index (χ1v) is 7.22. The van der Waals surface area contributed by atoms with Gasteiger partial charge in [0.25, 0.3) is 0 Å². The second-order valence-corrected chi connectivity index (χ2v) is 5.96. The molecule has 1 aromatic heterocycles. The van der Waals surface area contributed by atoms with Gasteiger partial charge in [-0.3, -0.25) is 0 Å². The van der Waals surface area contributed by atoms with E-state index >= 15 is 0 Å². The Hall–Kier alpha value is -1.59. The molecule has 0 saturated heterocycles. The highest BCUT2D eigenvalue weighted by Crippen LogP contribution is 2.37. The van der Waals surface area contributed by atoms with Crippen molar-refractivity contribution in [3.63, 3.8) is 0 Å². The second kappa shape index (κ2) is 4.83. The normalized spacial score (nSPS) is 10.8. The second-order valence-electron chi connectivity index (χ2n) is 4.01. The minimum absolute atomic E-state index is 0.178. The van der Waals surface area contributed by atoms with Crippen LogP contribution in [-0.4, -0.2) is 17.2 Å². The van der Waals surface area contributed by atoms with Crippen molar-refractivity contribution in [2.45, 2.75) is 0 Å². The lowest BCUT2D eigenvalue weighted by molar-refractivity contribution is 0.408. The maximum absolute atomic E-state index is 10.0. The van der Waals surface area contributed by atoms with Crippen LogP contribution >= 0.6 is 27.3 Å². The van der Waals surface area contributed by atoms with Gasteiger partial charge in [0.1, 0.15) is 16.5 Å². The summed E-state index contributed by atoms with van der Waals surface area (Å²) in [6, 6.07) is 11.2. The Morgan fingerprint density at radius 2 is 2.05 bits per heavy atom. The van der Waals surface area contributed by atoms with Gasteiger partial charge >= 0.3 is 0 Å². The number of hydrogen-bond donors (Lipinski definition) is 1. The molecule has 0 aliphatic rings. The smallest absolute Gasteiger partial charge is 0.129 e. The standard InChI is InChI=1S/C14H10BrNO2S/c1-18-9-3-4-10(12(17)7-9)14-16-11-5-2-8(15)6-13(11)19-14/h2-7,17H,1H3. The molecule has 0 aliphatic heterocycles. The Morgan fingerprint density at radius 3 is 2.79 bits per heavy atom. The summed E-state index contributed by atoms with van der Waals surface area (Å²) < 4.78 is 7.18. The van der Waals surface area contributed by atoms with Crippen LogP contribution in [0.4, 0.5) is 0 Å². The molecule has 0 amide bonds. The van der Waals surface area contributed by atoms with E-state index in [1.54, 1.807) is 24.5 Å². The molecule has 1 N–H and O–H groups in total. The van der Waals surface area contributed by atoms with E-state index in [9.17, 15) is 5.11 Å². The quantitative estimate of drug-likeness (QED) is 0.752. The van der Waals surface area contributed by atoms with Gasteiger partial charge in [-0.2, -0.15) is 0 Å². The van der Waals surface area contributed by atoms with Crippen LogP contribution in [0.5, 0.6) is 11.5 Å². The van der Waals surface area contributed by atoms with Gasteiger partial charge in [-0.1, -0.05) is 15.9 Å². The summed E-state index contributed by atoms with van der Waals surface area (Å²) in [7, 11) is 1.57. The Kier molecular flexibility index (Phi) is 3.16. The SMILES string of the molecule is COc1ccc(-c2nc3ccc(Br)cc3s2)c(O)c1. The highest BCUT2D eigenvalue weighted by molar-refractivity contribution is 9.10. The number of phenols is 1. The first-order valence-electron chi connectivity index (χ1n) is 5.61. The summed E-state index contributed by atoms with van der Waals surface area (Å²) in [5.74, 6) is 0.808. The minimum Gasteiger partial charge on any atom is -0.507 e. The zero-order chi connectivity index (χ0) is 13.4. The summed E-state index contributed by atoms with van der Waals surface area (Å²) in [5.41, 5.74) is 1.65. The van der Waals surface area contributed by atoms with Crippen LogP contribution in [0.3, 0.4) is 0 Å². The van der Waals surface area contributed by atoms with E-state index in [4.69, 9.17) is 4.74 Å². The van der Waals surface area contributed by atoms with E-state index in [0.29, 0.717) is 5.75 Å². The molecule has 0 radical (unpaired) electrons. The lowest BCUT2D eigenvalue weighted by Crippen LogP contribution is -1.83. The molecule has 2 aromatic carbocycles. The number of fused-ring (bicyclic) bond motifs is 1. The van der Waals surface area contributed by atoms with Crippen LogP contribution in [0.2, 0.25) is 0 Å². The van der Waals surface area contributed by atoms with Gasteiger partial charge < -0.3 is 9.84 Å². The van der Waals surface area contributed by atoms with E-state index in [2.05, 4.69) is 20.9 Å². The summed E-state index contributed by atoms with van der Waals surface area (Å²) in [6.07, 6.45) is 0. The van der Waals surface area contributed by atoms with E-state index < -0.39 is 0 Å². The van der Waals surface area contributed by atoms with Gasteiger partial charge in [0, 0.05) is 10.5 Å². The van der Waals surface area contributed by atoms with Gasteiger partial charge in [0.05, 0.1) is 22.9 Å². The molecule has 0 fully saturated rings. The zero-order valence-electron chi connectivity index (χ0n) is 10.1. The number of aromatic hydroxyl groups is 1. The molecule has 0 unspecified atom stereocenters. The van der Waals surface area contributed by atoms with E-state index in [-0.39, 0.29) is 5.75 Å². The molecule has 3 aromatic rings. The maximum atomic E-state index is 10.0. The van der Waals surface area contributed by atoms with Crippen molar-refractivity contribution in [3.8, 4) is 22.1 Å². The van der Waals surface area contributed by atoms with Gasteiger partial charge in [0.15, 0.2) is 0 Å². The molecular weight excluding hydrogens is 326 g/mol. The van der Waals surface area contributed by atoms with Crippen LogP contribution in [0, 0.1) is 0 Å². The van der Waals surface area contributed by atoms with E-state index in [1.165, 1.54) is 0 Å². The summed E-state index contributed by atoms with van der Waals surface area (Å²) in [5, 5.41) is 10.8. The topological polar surface area (TPSA) is 42.4 Å². The fourth-order valence-electron chi connectivity index (χ4n) is 1.83. The molecule has 96 valence electrons. The molecule has 19 heavy (non-hydrogen) atoms. The van der Waals surface area contributed by atoms with Gasteiger partial charge in [-0.15, -0.1) is 11.3 Å². The van der Waals surface area contributed by atoms with Crippen molar-refractivity contribution >= 4 is 37.5 Å². The van der Waals surface area contributed by atoms with Crippen molar-refractivity contribution < 1.29 is 9.84 Å². The van der Waals surface area contributed by atoms with Crippen molar-refractivity contribution in [1.29, 1.82) is 0 Å². The predicted octanol–water partition coefficient (Wildman–Crippen LogP) is 4.44. The highest BCUT2D eigenvalue weighted by Gasteiger charge is 2.11. The first-order chi connectivity index (χ1) is 9.17. The summed E-state index contributed by atoms with van der Waals surface area (Å²) in [4.78, 5) is 4.54. The van der Waals surface area contributed by atoms with Crippen LogP contribution < -0.4 is 4.74 Å². The average Bonchev–Trinajstić information content (AvgIpc) is 2.81. The van der Waals surface area contributed by atoms with Crippen LogP contribution in [-0.2, 0) is 0 Å². The average molecular weight is 336 g/mol. The number of hydrogen-bond acceptors (Lipinski definition) is 4. The lowest BCUT2D eigenvalue weighted by Gasteiger charge is -2.03. The fraction of sp³-hybridized carbons (Fsp3) is 0.0714. The van der Waals surface area contributed by atoms with Crippen LogP contribution in [0.15, 0.2) is 40.9 Å². The maximum Gasteiger partial charge on any atom is 0.129 e. The number of nitrogens with zero attached hydrogens (tertiary/aromatic N) is 1. The van der Waals surface area contributed by atoms with Crippen molar-refractivity contribution in [1.82, 2.24) is 4.98 Å². The number of thiazole rings is 1. The van der Waals surface area contributed by atoms with Gasteiger partial charge in [-0.05, 0) is 30.3 Å². The Labute approximate surface area is 122 Å². The number of rotatable bonds is 2. The largest absolute Gasteiger partial charge is 0.507 e. The molecule has 0 aliphatic carbocycles. The molecule has 5 heteroatoms. The van der Waals surface area contributed by atoms with Crippen molar-refractivity contribution in [3.05, 3.63) is 40.9 Å². The number of benzene rings is 2. The summed E-state index contributed by atoms with van der Waals surface area (Å²) in [6.45, 7) is 0. The Balaban J connectivity index is 2.13. The molecule has 0 atom stereocenters. The molecule has 0 bridgehead atoms. The molecule has 3 nitrogen and oxygen atoms in total. The molecule has 0 spiro atoms. The van der Waals surface area contributed by atoms with Gasteiger partial charge in [0.2, 0.25) is 0 Å². The third-order valence-electron chi connectivity index (χ3n) is 2.79. The number of methoxy groups -OCH3 is 1. The van der Waals surface area contributed by atoms with Gasteiger partial charge in [-0.25, -0.2) is 4.98 Å². The molecule has 0 saturated carbocycles. The monoisotopic (exact) mass is 335 g/mol. The first kappa shape index (κ1) is 12.4. The van der Waals surface area contributed by atoms with E-state index in [1.807, 2.05) is 30.3 Å². The van der Waals surface area contributed by atoms with Crippen LogP contribution in [0.25, 0.3) is 20.8 Å².